The van der Waals surface area contributed by atoms with Gasteiger partial charge in [-0.25, -0.2) is 9.59 Å². The highest BCUT2D eigenvalue weighted by atomic mass is 17.2. The van der Waals surface area contributed by atoms with Gasteiger partial charge in [-0.2, -0.15) is 0 Å². The largest absolute Gasteiger partial charge is 0.463 e. The Morgan fingerprint density at radius 1 is 0.536 bits per heavy atom. The zero-order valence-corrected chi connectivity index (χ0v) is 31.5. The zero-order valence-electron chi connectivity index (χ0n) is 31.5. The highest BCUT2D eigenvalue weighted by molar-refractivity contribution is 5.69. The molecule has 0 unspecified atom stereocenters. The minimum absolute atomic E-state index is 0.604. The molecule has 25 heteroatoms. The first kappa shape index (κ1) is 47.6. The Morgan fingerprint density at radius 2 is 0.857 bits per heavy atom. The molecular weight excluding hydrogens is 770 g/mol. The van der Waals surface area contributed by atoms with Gasteiger partial charge in [-0.15, -0.1) is 9.78 Å². The first-order valence-electron chi connectivity index (χ1n) is 16.4. The maximum absolute atomic E-state index is 12.2. The average molecular weight is 816 g/mol. The third-order valence-electron chi connectivity index (χ3n) is 7.07. The number of nitrogens with two attached hydrogens (primary N) is 1. The van der Waals surface area contributed by atoms with Gasteiger partial charge in [-0.05, 0) is 0 Å². The summed E-state index contributed by atoms with van der Waals surface area (Å²) in [6, 6.07) is -1.24. The molecule has 0 radical (unpaired) electrons. The van der Waals surface area contributed by atoms with Gasteiger partial charge >= 0.3 is 47.8 Å². The normalized spacial score (nSPS) is 29.9. The van der Waals surface area contributed by atoms with Crippen molar-refractivity contribution in [2.75, 3.05) is 26.4 Å². The van der Waals surface area contributed by atoms with Crippen molar-refractivity contribution >= 4 is 47.8 Å². The van der Waals surface area contributed by atoms with Crippen molar-refractivity contribution < 1.29 is 115 Å². The summed E-state index contributed by atoms with van der Waals surface area (Å²) in [6.45, 7) is 4.67. The zero-order chi connectivity index (χ0) is 42.5. The van der Waals surface area contributed by atoms with Gasteiger partial charge in [-0.1, -0.05) is 0 Å². The molecule has 25 nitrogen and oxygen atoms in total. The number of hydrogen-bond acceptors (Lipinski definition) is 25. The van der Waals surface area contributed by atoms with Crippen LogP contribution in [-0.4, -0.2) is 151 Å². The molecule has 4 N–H and O–H groups in total. The van der Waals surface area contributed by atoms with Crippen molar-refractivity contribution in [3.05, 3.63) is 0 Å². The van der Waals surface area contributed by atoms with Crippen molar-refractivity contribution in [1.82, 2.24) is 0 Å². The van der Waals surface area contributed by atoms with Crippen LogP contribution < -0.4 is 5.73 Å². The van der Waals surface area contributed by atoms with Crippen LogP contribution in [0.5, 0.6) is 0 Å². The van der Waals surface area contributed by atoms with E-state index in [0.717, 1.165) is 55.4 Å². The van der Waals surface area contributed by atoms with Crippen molar-refractivity contribution in [1.29, 1.82) is 0 Å². The smallest absolute Gasteiger partial charge is 0.339 e. The second kappa shape index (κ2) is 21.1. The molecule has 0 aliphatic carbocycles. The molecule has 2 aliphatic rings. The van der Waals surface area contributed by atoms with Gasteiger partial charge < -0.3 is 63.3 Å². The number of carbonyl (C=O) groups is 8. The molecule has 2 heterocycles. The first-order chi connectivity index (χ1) is 26.0. The van der Waals surface area contributed by atoms with Gasteiger partial charge in [0.05, 0.1) is 19.3 Å². The van der Waals surface area contributed by atoms with Crippen molar-refractivity contribution in [3.63, 3.8) is 0 Å². The maximum Gasteiger partial charge on any atom is 0.339 e. The van der Waals surface area contributed by atoms with Crippen LogP contribution in [0, 0.1) is 0 Å². The molecule has 56 heavy (non-hydrogen) atoms. The van der Waals surface area contributed by atoms with Crippen LogP contribution in [0.1, 0.15) is 55.4 Å². The van der Waals surface area contributed by atoms with E-state index in [1.807, 2.05) is 0 Å². The molecule has 0 aromatic heterocycles. The second-order valence-electron chi connectivity index (χ2n) is 12.0. The third kappa shape index (κ3) is 13.9. The topological polar surface area (TPSA) is 332 Å². The third-order valence-corrected chi connectivity index (χ3v) is 7.07. The van der Waals surface area contributed by atoms with Crippen molar-refractivity contribution in [2.45, 2.75) is 122 Å². The van der Waals surface area contributed by atoms with E-state index in [-0.39, 0.29) is 0 Å². The van der Waals surface area contributed by atoms with Gasteiger partial charge in [-0.3, -0.25) is 38.5 Å². The predicted molar refractivity (Wildman–Crippen MR) is 168 cm³/mol. The summed E-state index contributed by atoms with van der Waals surface area (Å²) < 4.78 is 53.6. The fourth-order valence-corrected chi connectivity index (χ4v) is 4.98. The van der Waals surface area contributed by atoms with Crippen molar-refractivity contribution in [2.24, 2.45) is 5.73 Å². The highest BCUT2D eigenvalue weighted by Crippen LogP contribution is 2.38. The van der Waals surface area contributed by atoms with E-state index in [0.29, 0.717) is 0 Å². The van der Waals surface area contributed by atoms with Crippen LogP contribution in [0.25, 0.3) is 0 Å². The Labute approximate surface area is 317 Å². The number of aliphatic hydroxyl groups is 2. The fourth-order valence-electron chi connectivity index (χ4n) is 4.98. The first-order valence-corrected chi connectivity index (χ1v) is 16.4. The SMILES string of the molecule is CC(=O)OC[C@H]1O[C@@H](OCC(N)CO[C@@H]2O[C@H](COC(C)=O)[C@@](O)(OOC(C)=O)[C@H](OC(C)=O)[C@H]2OC(C)=O)[C@H](OC(C)=O)[C@@H](OC(C)=O)[C@]1(O)OOC(C)=O. The lowest BCUT2D eigenvalue weighted by Gasteiger charge is -2.48. The van der Waals surface area contributed by atoms with Crippen LogP contribution >= 0.6 is 0 Å². The summed E-state index contributed by atoms with van der Waals surface area (Å²) in [7, 11) is 0. The Balaban J connectivity index is 2.43. The van der Waals surface area contributed by atoms with E-state index in [1.165, 1.54) is 0 Å². The summed E-state index contributed by atoms with van der Waals surface area (Å²) >= 11 is 0. The van der Waals surface area contributed by atoms with E-state index in [2.05, 4.69) is 9.78 Å². The van der Waals surface area contributed by atoms with E-state index < -0.39 is 141 Å². The van der Waals surface area contributed by atoms with E-state index in [4.69, 9.17) is 62.9 Å². The molecule has 0 aromatic carbocycles. The Kier molecular flexibility index (Phi) is 17.9. The van der Waals surface area contributed by atoms with Crippen LogP contribution in [0.4, 0.5) is 0 Å². The van der Waals surface area contributed by atoms with Crippen LogP contribution in [0.15, 0.2) is 0 Å². The molecular formula is C31H45NO24. The summed E-state index contributed by atoms with van der Waals surface area (Å²) in [5, 5.41) is 23.0. The molecule has 10 atom stereocenters. The van der Waals surface area contributed by atoms with E-state index in [1.54, 1.807) is 0 Å². The fraction of sp³-hybridized carbons (Fsp3) is 0.742. The number of rotatable bonds is 18. The Hall–Kier alpha value is -4.60. The molecule has 0 saturated carbocycles. The quantitative estimate of drug-likeness (QED) is 0.0408. The van der Waals surface area contributed by atoms with Gasteiger partial charge in [0.25, 0.3) is 11.6 Å². The summed E-state index contributed by atoms with van der Waals surface area (Å²) in [5.41, 5.74) is 6.22. The van der Waals surface area contributed by atoms with E-state index >= 15 is 0 Å². The Morgan fingerprint density at radius 3 is 1.12 bits per heavy atom. The lowest BCUT2D eigenvalue weighted by atomic mass is 9.94. The monoisotopic (exact) mass is 815 g/mol. The molecule has 0 aromatic rings. The predicted octanol–water partition coefficient (Wildman–Crippen LogP) is -2.98. The van der Waals surface area contributed by atoms with Gasteiger partial charge in [0.2, 0.25) is 12.2 Å². The molecule has 0 bridgehead atoms. The van der Waals surface area contributed by atoms with Gasteiger partial charge in [0.1, 0.15) is 13.2 Å². The summed E-state index contributed by atoms with van der Waals surface area (Å²) in [4.78, 5) is 114. The molecule has 2 rings (SSSR count). The number of ether oxygens (including phenoxy) is 10. The molecule has 2 fully saturated rings. The van der Waals surface area contributed by atoms with Crippen LogP contribution in [0.2, 0.25) is 0 Å². The lowest BCUT2D eigenvalue weighted by molar-refractivity contribution is -0.475. The lowest BCUT2D eigenvalue weighted by Crippen LogP contribution is -2.70. The molecule has 2 aliphatic heterocycles. The second-order valence-corrected chi connectivity index (χ2v) is 12.0. The summed E-state index contributed by atoms with van der Waals surface area (Å²) in [5.74, 6) is -14.0. The van der Waals surface area contributed by atoms with E-state index in [9.17, 15) is 48.6 Å². The maximum atomic E-state index is 12.2. The van der Waals surface area contributed by atoms with Gasteiger partial charge in [0.15, 0.2) is 37.0 Å². The van der Waals surface area contributed by atoms with Crippen LogP contribution in [-0.2, 0) is 105 Å². The Bertz CT molecular complexity index is 1340. The number of hydrogen-bond donors (Lipinski definition) is 3. The molecule has 2 saturated heterocycles. The average Bonchev–Trinajstić information content (AvgIpc) is 3.07. The minimum Gasteiger partial charge on any atom is -0.463 e. The molecule has 0 amide bonds. The molecule has 318 valence electrons. The van der Waals surface area contributed by atoms with Gasteiger partial charge in [0, 0.05) is 55.4 Å². The summed E-state index contributed by atoms with van der Waals surface area (Å²) in [6.07, 6.45) is -15.2. The standard InChI is InChI=1S/C31H45NO24/c1-13(33)43-11-22-30(41,55-53-19(7)39)26(49-17(5)37)24(47-15(3)35)28(51-22)45-9-21(32)10-46-29-25(48-16(4)36)27(50-18(6)38)31(42,56-54-20(8)40)23(52-29)12-44-14(2)34/h21-29,41-42H,9-12,32H2,1-8H3/t22-,23-,24-,25-,26-,27-,28-,29-,30-,31-/m1/s1. The van der Waals surface area contributed by atoms with Crippen molar-refractivity contribution in [3.8, 4) is 0 Å². The number of esters is 6. The molecule has 0 spiro atoms. The highest BCUT2D eigenvalue weighted by Gasteiger charge is 2.64. The minimum atomic E-state index is -2.98. The van der Waals surface area contributed by atoms with Crippen LogP contribution in [0.3, 0.4) is 0 Å². The number of carbonyl (C=O) groups excluding carboxylic acids is 8.